The number of thiazole rings is 1. The van der Waals surface area contributed by atoms with Gasteiger partial charge in [0.05, 0.1) is 25.3 Å². The smallest absolute Gasteiger partial charge is 0.236 e. The maximum atomic E-state index is 13.2. The van der Waals surface area contributed by atoms with E-state index in [0.717, 1.165) is 33.6 Å². The summed E-state index contributed by atoms with van der Waals surface area (Å²) < 4.78 is 29.1. The zero-order valence-electron chi connectivity index (χ0n) is 20.3. The SMILES string of the molecule is COCc1cc(C(C)C)c(CC(=O)N[S@](=N)(=O)c2sc(C(C)(C)O)nc2CO)c(C(C)C)c1. The van der Waals surface area contributed by atoms with E-state index in [2.05, 4.69) is 9.71 Å². The minimum absolute atomic E-state index is 0.0204. The minimum atomic E-state index is -3.78. The Bertz CT molecular complexity index is 1070. The number of aromatic nitrogens is 1. The lowest BCUT2D eigenvalue weighted by atomic mass is 9.85. The highest BCUT2D eigenvalue weighted by Crippen LogP contribution is 2.33. The lowest BCUT2D eigenvalue weighted by Gasteiger charge is -2.21. The molecule has 0 fully saturated rings. The third-order valence-electron chi connectivity index (χ3n) is 5.12. The number of carbonyl (C=O) groups excluding carboxylic acids is 1. The molecule has 2 rings (SSSR count). The molecule has 10 heteroatoms. The Morgan fingerprint density at radius 1 is 1.24 bits per heavy atom. The van der Waals surface area contributed by atoms with Crippen LogP contribution in [0.2, 0.25) is 0 Å². The van der Waals surface area contributed by atoms with Gasteiger partial charge in [0.1, 0.15) is 14.8 Å². The van der Waals surface area contributed by atoms with Gasteiger partial charge in [0, 0.05) is 7.11 Å². The Balaban J connectivity index is 2.42. The number of amides is 1. The first kappa shape index (κ1) is 27.4. The van der Waals surface area contributed by atoms with Gasteiger partial charge in [-0.3, -0.25) is 9.52 Å². The topological polar surface area (TPSA) is 133 Å². The number of methoxy groups -OCH3 is 1. The fourth-order valence-corrected chi connectivity index (χ4v) is 6.16. The summed E-state index contributed by atoms with van der Waals surface area (Å²) in [5.41, 5.74) is 2.60. The van der Waals surface area contributed by atoms with Crippen LogP contribution in [0, 0.1) is 4.78 Å². The van der Waals surface area contributed by atoms with Crippen LogP contribution < -0.4 is 4.72 Å². The Morgan fingerprint density at radius 3 is 2.21 bits per heavy atom. The van der Waals surface area contributed by atoms with Crippen LogP contribution in [0.3, 0.4) is 0 Å². The van der Waals surface area contributed by atoms with Crippen molar-refractivity contribution in [2.75, 3.05) is 7.11 Å². The lowest BCUT2D eigenvalue weighted by Crippen LogP contribution is -2.31. The van der Waals surface area contributed by atoms with E-state index in [4.69, 9.17) is 9.52 Å². The van der Waals surface area contributed by atoms with Crippen molar-refractivity contribution in [1.82, 2.24) is 9.71 Å². The molecule has 0 aliphatic heterocycles. The van der Waals surface area contributed by atoms with Crippen molar-refractivity contribution in [3.8, 4) is 0 Å². The molecule has 0 aliphatic rings. The number of nitrogens with one attached hydrogen (secondary N) is 2. The van der Waals surface area contributed by atoms with E-state index >= 15 is 0 Å². The predicted octanol–water partition coefficient (Wildman–Crippen LogP) is 3.94. The summed E-state index contributed by atoms with van der Waals surface area (Å²) in [7, 11) is -2.14. The molecule has 0 saturated heterocycles. The molecular weight excluding hydrogens is 462 g/mol. The van der Waals surface area contributed by atoms with E-state index in [9.17, 15) is 19.2 Å². The number of ether oxygens (including phenoxy) is 1. The molecule has 0 bridgehead atoms. The van der Waals surface area contributed by atoms with Crippen molar-refractivity contribution in [2.45, 2.75) is 82.8 Å². The van der Waals surface area contributed by atoms with Gasteiger partial charge >= 0.3 is 0 Å². The lowest BCUT2D eigenvalue weighted by molar-refractivity contribution is -0.118. The molecule has 4 N–H and O–H groups in total. The summed E-state index contributed by atoms with van der Waals surface area (Å²) in [6.45, 7) is 11.1. The fraction of sp³-hybridized carbons (Fsp3) is 0.565. The third-order valence-corrected chi connectivity index (χ3v) is 8.56. The summed E-state index contributed by atoms with van der Waals surface area (Å²) >= 11 is 0.857. The van der Waals surface area contributed by atoms with Gasteiger partial charge in [0.15, 0.2) is 9.92 Å². The van der Waals surface area contributed by atoms with Crippen molar-refractivity contribution in [3.05, 3.63) is 45.1 Å². The molecule has 0 unspecified atom stereocenters. The largest absolute Gasteiger partial charge is 0.390 e. The summed E-state index contributed by atoms with van der Waals surface area (Å²) in [4.78, 5) is 17.1. The van der Waals surface area contributed by atoms with E-state index in [1.54, 1.807) is 7.11 Å². The monoisotopic (exact) mass is 497 g/mol. The van der Waals surface area contributed by atoms with Crippen molar-refractivity contribution in [2.24, 2.45) is 0 Å². The second-order valence-corrected chi connectivity index (χ2v) is 12.2. The van der Waals surface area contributed by atoms with Crippen LogP contribution in [0.4, 0.5) is 0 Å². The standard InChI is InChI=1S/C23H35N3O5S2/c1-13(2)16-8-15(12-31-7)9-17(14(3)4)18(16)10-20(28)26-33(24,30)21-19(11-27)25-22(32-21)23(5,6)29/h8-9,13-14,27,29H,10-12H2,1-7H3,(H2,24,26,28,30)/t33-/m0/s1. The van der Waals surface area contributed by atoms with Crippen LogP contribution in [-0.2, 0) is 44.7 Å². The van der Waals surface area contributed by atoms with Crippen molar-refractivity contribution in [1.29, 1.82) is 4.78 Å². The molecule has 8 nitrogen and oxygen atoms in total. The van der Waals surface area contributed by atoms with Gasteiger partial charge < -0.3 is 14.9 Å². The highest BCUT2D eigenvalue weighted by molar-refractivity contribution is 7.93. The van der Waals surface area contributed by atoms with Gasteiger partial charge in [0.2, 0.25) is 5.91 Å². The van der Waals surface area contributed by atoms with E-state index in [0.29, 0.717) is 6.61 Å². The molecule has 33 heavy (non-hydrogen) atoms. The molecular formula is C23H35N3O5S2. The summed E-state index contributed by atoms with van der Waals surface area (Å²) in [5.74, 6) is -0.251. The normalized spacial score (nSPS) is 14.0. The van der Waals surface area contributed by atoms with Crippen LogP contribution in [0.1, 0.15) is 86.3 Å². The molecule has 1 amide bonds. The molecule has 1 heterocycles. The van der Waals surface area contributed by atoms with Gasteiger partial charge in [-0.05, 0) is 47.9 Å². The molecule has 0 aliphatic carbocycles. The zero-order chi connectivity index (χ0) is 25.1. The Kier molecular flexibility index (Phi) is 8.80. The predicted molar refractivity (Wildman–Crippen MR) is 130 cm³/mol. The number of carbonyl (C=O) groups is 1. The second-order valence-electron chi connectivity index (χ2n) is 9.22. The quantitative estimate of drug-likeness (QED) is 0.393. The molecule has 1 aromatic carbocycles. The molecule has 0 saturated carbocycles. The summed E-state index contributed by atoms with van der Waals surface area (Å²) in [6, 6.07) is 4.06. The van der Waals surface area contributed by atoms with Crippen LogP contribution >= 0.6 is 11.3 Å². The first-order valence-corrected chi connectivity index (χ1v) is 13.2. The van der Waals surface area contributed by atoms with Gasteiger partial charge in [-0.1, -0.05) is 39.8 Å². The van der Waals surface area contributed by atoms with Crippen molar-refractivity contribution < 1.29 is 24.0 Å². The molecule has 1 aromatic heterocycles. The number of benzene rings is 1. The van der Waals surface area contributed by atoms with Gasteiger partial charge in [-0.15, -0.1) is 11.3 Å². The molecule has 2 aromatic rings. The number of nitrogens with zero attached hydrogens (tertiary/aromatic N) is 1. The Labute approximate surface area is 200 Å². The van der Waals surface area contributed by atoms with Crippen LogP contribution in [0.25, 0.3) is 0 Å². The van der Waals surface area contributed by atoms with Gasteiger partial charge in [-0.25, -0.2) is 14.0 Å². The maximum absolute atomic E-state index is 13.2. The first-order chi connectivity index (χ1) is 15.2. The number of hydrogen-bond acceptors (Lipinski definition) is 8. The second kappa shape index (κ2) is 10.6. The average molecular weight is 498 g/mol. The fourth-order valence-electron chi connectivity index (χ4n) is 3.59. The third kappa shape index (κ3) is 6.60. The van der Waals surface area contributed by atoms with Crippen LogP contribution in [0.15, 0.2) is 16.3 Å². The van der Waals surface area contributed by atoms with Crippen molar-refractivity contribution >= 4 is 27.2 Å². The Morgan fingerprint density at radius 2 is 1.79 bits per heavy atom. The highest BCUT2D eigenvalue weighted by atomic mass is 32.2. The van der Waals surface area contributed by atoms with E-state index < -0.39 is 28.0 Å². The number of hydrogen-bond donors (Lipinski definition) is 4. The zero-order valence-corrected chi connectivity index (χ0v) is 21.9. The number of rotatable bonds is 10. The van der Waals surface area contributed by atoms with E-state index in [-0.39, 0.29) is 33.2 Å². The summed E-state index contributed by atoms with van der Waals surface area (Å²) in [6.07, 6.45) is -0.0320. The number of aliphatic hydroxyl groups is 2. The molecule has 1 atom stereocenters. The highest BCUT2D eigenvalue weighted by Gasteiger charge is 2.29. The minimum Gasteiger partial charge on any atom is -0.390 e. The van der Waals surface area contributed by atoms with Crippen LogP contribution in [0.5, 0.6) is 0 Å². The molecule has 184 valence electrons. The Hall–Kier alpha value is -1.85. The van der Waals surface area contributed by atoms with E-state index in [1.165, 1.54) is 13.8 Å². The van der Waals surface area contributed by atoms with Crippen LogP contribution in [-0.4, -0.2) is 32.4 Å². The molecule has 0 spiro atoms. The van der Waals surface area contributed by atoms with Gasteiger partial charge in [0.25, 0.3) is 0 Å². The first-order valence-electron chi connectivity index (χ1n) is 10.8. The number of aliphatic hydroxyl groups excluding tert-OH is 1. The average Bonchev–Trinajstić information content (AvgIpc) is 3.14. The van der Waals surface area contributed by atoms with Crippen molar-refractivity contribution in [3.63, 3.8) is 0 Å². The maximum Gasteiger partial charge on any atom is 0.236 e. The van der Waals surface area contributed by atoms with E-state index in [1.807, 2.05) is 39.8 Å². The molecule has 0 radical (unpaired) electrons. The van der Waals surface area contributed by atoms with Gasteiger partial charge in [-0.2, -0.15) is 0 Å². The summed E-state index contributed by atoms with van der Waals surface area (Å²) in [5, 5.41) is 20.0.